The summed E-state index contributed by atoms with van der Waals surface area (Å²) in [4.78, 5) is 22.9. The fraction of sp³-hybridized carbons (Fsp3) is 0.125. The lowest BCUT2D eigenvalue weighted by Gasteiger charge is -2.10. The van der Waals surface area contributed by atoms with Gasteiger partial charge < -0.3 is 4.74 Å². The first kappa shape index (κ1) is 16.8. The number of carbonyl (C=O) groups is 2. The molecule has 0 amide bonds. The minimum Gasteiger partial charge on any atom is -0.485 e. The number of aldehydes is 1. The average Bonchev–Trinajstić information content (AvgIpc) is 2.49. The van der Waals surface area contributed by atoms with Gasteiger partial charge in [0.1, 0.15) is 12.4 Å². The van der Waals surface area contributed by atoms with E-state index in [0.29, 0.717) is 32.7 Å². The molecule has 0 aliphatic rings. The Morgan fingerprint density at radius 2 is 1.82 bits per heavy atom. The molecule has 0 spiro atoms. The molecule has 3 nitrogen and oxygen atoms in total. The number of Topliss-reactive ketones (excluding diaryl/α,β-unsaturated/α-hetero) is 1. The van der Waals surface area contributed by atoms with Crippen molar-refractivity contribution in [3.63, 3.8) is 0 Å². The van der Waals surface area contributed by atoms with Gasteiger partial charge in [-0.05, 0) is 35.9 Å². The number of rotatable bonds is 6. The van der Waals surface area contributed by atoms with Crippen molar-refractivity contribution in [2.24, 2.45) is 0 Å². The maximum absolute atomic E-state index is 12.4. The van der Waals surface area contributed by atoms with E-state index in [2.05, 4.69) is 0 Å². The molecule has 22 heavy (non-hydrogen) atoms. The Morgan fingerprint density at radius 3 is 2.50 bits per heavy atom. The summed E-state index contributed by atoms with van der Waals surface area (Å²) in [6.45, 7) is -0.130. The van der Waals surface area contributed by atoms with Crippen LogP contribution in [-0.2, 0) is 11.2 Å². The zero-order valence-corrected chi connectivity index (χ0v) is 13.6. The van der Waals surface area contributed by atoms with Crippen molar-refractivity contribution in [3.8, 4) is 5.75 Å². The summed E-state index contributed by atoms with van der Waals surface area (Å²) in [6.07, 6.45) is 0.733. The molecule has 0 bridgehead atoms. The van der Waals surface area contributed by atoms with Crippen LogP contribution in [0, 0.1) is 0 Å². The minimum atomic E-state index is -0.193. The van der Waals surface area contributed by atoms with Crippen LogP contribution >= 0.6 is 34.8 Å². The number of halogens is 3. The van der Waals surface area contributed by atoms with E-state index in [1.807, 2.05) is 0 Å². The predicted octanol–water partition coefficient (Wildman–Crippen LogP) is 4.65. The number of ether oxygens (including phenoxy) is 1. The molecule has 0 fully saturated rings. The van der Waals surface area contributed by atoms with Crippen molar-refractivity contribution < 1.29 is 14.3 Å². The third-order valence-electron chi connectivity index (χ3n) is 2.90. The average molecular weight is 358 g/mol. The summed E-state index contributed by atoms with van der Waals surface area (Å²) in [5.74, 6) is 0.128. The highest BCUT2D eigenvalue weighted by molar-refractivity contribution is 6.42. The van der Waals surface area contributed by atoms with Crippen LogP contribution in [0.3, 0.4) is 0 Å². The van der Waals surface area contributed by atoms with Gasteiger partial charge in [-0.2, -0.15) is 0 Å². The van der Waals surface area contributed by atoms with Crippen LogP contribution in [-0.4, -0.2) is 18.7 Å². The molecule has 0 saturated heterocycles. The predicted molar refractivity (Wildman–Crippen MR) is 87.5 cm³/mol. The Kier molecular flexibility index (Phi) is 5.83. The second kappa shape index (κ2) is 7.63. The van der Waals surface area contributed by atoms with Crippen LogP contribution in [0.2, 0.25) is 15.1 Å². The van der Waals surface area contributed by atoms with Crippen LogP contribution in [0.1, 0.15) is 15.9 Å². The highest BCUT2D eigenvalue weighted by Gasteiger charge is 2.15. The molecular weight excluding hydrogens is 347 g/mol. The van der Waals surface area contributed by atoms with Crippen LogP contribution in [0.4, 0.5) is 0 Å². The molecule has 0 saturated carbocycles. The highest BCUT2D eigenvalue weighted by Crippen LogP contribution is 2.26. The molecule has 0 radical (unpaired) electrons. The van der Waals surface area contributed by atoms with E-state index in [4.69, 9.17) is 39.5 Å². The maximum atomic E-state index is 12.4. The quantitative estimate of drug-likeness (QED) is 0.558. The van der Waals surface area contributed by atoms with Gasteiger partial charge in [-0.3, -0.25) is 9.59 Å². The largest absolute Gasteiger partial charge is 0.485 e. The summed E-state index contributed by atoms with van der Waals surface area (Å²) in [6, 6.07) is 9.67. The summed E-state index contributed by atoms with van der Waals surface area (Å²) in [7, 11) is 0. The van der Waals surface area contributed by atoms with E-state index in [1.54, 1.807) is 30.3 Å². The lowest BCUT2D eigenvalue weighted by molar-refractivity contribution is -0.109. The first-order chi connectivity index (χ1) is 10.5. The van der Waals surface area contributed by atoms with Crippen molar-refractivity contribution >= 4 is 46.9 Å². The molecule has 0 aliphatic heterocycles. The summed E-state index contributed by atoms with van der Waals surface area (Å²) in [5, 5.41) is 1.22. The van der Waals surface area contributed by atoms with Gasteiger partial charge in [-0.15, -0.1) is 0 Å². The van der Waals surface area contributed by atoms with Gasteiger partial charge in [-0.1, -0.05) is 40.9 Å². The molecule has 6 heteroatoms. The zero-order valence-electron chi connectivity index (χ0n) is 11.3. The lowest BCUT2D eigenvalue weighted by atomic mass is 10.0. The van der Waals surface area contributed by atoms with Gasteiger partial charge in [0.2, 0.25) is 0 Å². The monoisotopic (exact) mass is 356 g/mol. The first-order valence-corrected chi connectivity index (χ1v) is 7.47. The minimum absolute atomic E-state index is 0.120. The third kappa shape index (κ3) is 4.23. The van der Waals surface area contributed by atoms with Crippen molar-refractivity contribution in [1.82, 2.24) is 0 Å². The van der Waals surface area contributed by atoms with Crippen molar-refractivity contribution in [2.45, 2.75) is 6.42 Å². The number of benzene rings is 2. The fourth-order valence-electron chi connectivity index (χ4n) is 1.90. The van der Waals surface area contributed by atoms with Gasteiger partial charge in [0, 0.05) is 11.4 Å². The van der Waals surface area contributed by atoms with Crippen molar-refractivity contribution in [2.75, 3.05) is 6.61 Å². The number of carbonyl (C=O) groups excluding carboxylic acids is 2. The van der Waals surface area contributed by atoms with E-state index in [1.165, 1.54) is 6.07 Å². The topological polar surface area (TPSA) is 43.4 Å². The van der Waals surface area contributed by atoms with Crippen LogP contribution in [0.25, 0.3) is 0 Å². The Labute approximate surface area is 142 Å². The number of hydrogen-bond donors (Lipinski definition) is 0. The summed E-state index contributed by atoms with van der Waals surface area (Å²) >= 11 is 17.7. The van der Waals surface area contributed by atoms with Crippen LogP contribution in [0.15, 0.2) is 36.4 Å². The third-order valence-corrected chi connectivity index (χ3v) is 3.87. The smallest absolute Gasteiger partial charge is 0.171 e. The molecule has 0 N–H and O–H groups in total. The molecule has 0 aromatic heterocycles. The van der Waals surface area contributed by atoms with Gasteiger partial charge >= 0.3 is 0 Å². The standard InChI is InChI=1S/C16H11Cl3O3/c17-11-2-4-16(22-6-5-20)12(9-11)15(21)8-10-1-3-13(18)14(19)7-10/h1-5,7,9H,6,8H2. The van der Waals surface area contributed by atoms with Gasteiger partial charge in [0.25, 0.3) is 0 Å². The van der Waals surface area contributed by atoms with Crippen molar-refractivity contribution in [3.05, 3.63) is 62.6 Å². The van der Waals surface area contributed by atoms with E-state index >= 15 is 0 Å². The molecule has 2 aromatic rings. The summed E-state index contributed by atoms with van der Waals surface area (Å²) < 4.78 is 5.25. The molecule has 0 atom stereocenters. The van der Waals surface area contributed by atoms with Gasteiger partial charge in [0.05, 0.1) is 15.6 Å². The first-order valence-electron chi connectivity index (χ1n) is 6.34. The molecule has 0 aliphatic carbocycles. The molecule has 2 aromatic carbocycles. The summed E-state index contributed by atoms with van der Waals surface area (Å²) in [5.41, 5.74) is 1.04. The lowest BCUT2D eigenvalue weighted by Crippen LogP contribution is -2.08. The Bertz CT molecular complexity index is 714. The van der Waals surface area contributed by atoms with Crippen LogP contribution in [0.5, 0.6) is 5.75 Å². The number of hydrogen-bond acceptors (Lipinski definition) is 3. The van der Waals surface area contributed by atoms with E-state index in [-0.39, 0.29) is 18.8 Å². The van der Waals surface area contributed by atoms with Gasteiger partial charge in [0.15, 0.2) is 12.1 Å². The van der Waals surface area contributed by atoms with Gasteiger partial charge in [-0.25, -0.2) is 0 Å². The van der Waals surface area contributed by atoms with E-state index in [9.17, 15) is 9.59 Å². The normalized spacial score (nSPS) is 10.3. The maximum Gasteiger partial charge on any atom is 0.171 e. The Morgan fingerprint density at radius 1 is 1.05 bits per heavy atom. The second-order valence-corrected chi connectivity index (χ2v) is 5.72. The Hall–Kier alpha value is -1.55. The highest BCUT2D eigenvalue weighted by atomic mass is 35.5. The van der Waals surface area contributed by atoms with E-state index < -0.39 is 0 Å². The molecule has 2 rings (SSSR count). The second-order valence-electron chi connectivity index (χ2n) is 4.47. The molecule has 114 valence electrons. The van der Waals surface area contributed by atoms with Crippen molar-refractivity contribution in [1.29, 1.82) is 0 Å². The molecular formula is C16H11Cl3O3. The fourth-order valence-corrected chi connectivity index (χ4v) is 2.39. The van der Waals surface area contributed by atoms with Crippen LogP contribution < -0.4 is 4.74 Å². The van der Waals surface area contributed by atoms with E-state index in [0.717, 1.165) is 5.56 Å². The Balaban J connectivity index is 2.26. The zero-order chi connectivity index (χ0) is 16.1. The molecule has 0 heterocycles. The SMILES string of the molecule is O=CCOc1ccc(Cl)cc1C(=O)Cc1ccc(Cl)c(Cl)c1. The number of ketones is 1. The molecule has 0 unspecified atom stereocenters.